The summed E-state index contributed by atoms with van der Waals surface area (Å²) in [5, 5.41) is 23.5. The molecule has 0 saturated carbocycles. The van der Waals surface area contributed by atoms with Crippen LogP contribution in [-0.4, -0.2) is 60.5 Å². The van der Waals surface area contributed by atoms with Crippen molar-refractivity contribution in [2.24, 2.45) is 5.11 Å². The fraction of sp³-hybridized carbons (Fsp3) is 1.00. The molecule has 0 radical (unpaired) electrons. The van der Waals surface area contributed by atoms with Gasteiger partial charge in [0.25, 0.3) is 0 Å². The summed E-state index contributed by atoms with van der Waals surface area (Å²) in [5.74, 6) is -1.73. The molecule has 1 saturated heterocycles. The molecule has 0 aromatic rings. The van der Waals surface area contributed by atoms with Crippen molar-refractivity contribution in [3.05, 3.63) is 10.4 Å². The summed E-state index contributed by atoms with van der Waals surface area (Å²) in [6, 6.07) is 0. The van der Waals surface area contributed by atoms with Gasteiger partial charge >= 0.3 is 0 Å². The molecule has 1 heterocycles. The molecule has 0 bridgehead atoms. The lowest BCUT2D eigenvalue weighted by Gasteiger charge is -2.25. The van der Waals surface area contributed by atoms with Crippen molar-refractivity contribution in [1.29, 1.82) is 0 Å². The third-order valence-corrected chi connectivity index (χ3v) is 3.68. The molecule has 0 aliphatic carbocycles. The van der Waals surface area contributed by atoms with Crippen molar-refractivity contribution in [1.82, 2.24) is 0 Å². The Bertz CT molecular complexity index is 408. The summed E-state index contributed by atoms with van der Waals surface area (Å²) in [5.41, 5.74) is 8.32. The minimum Gasteiger partial charge on any atom is -0.385 e. The van der Waals surface area contributed by atoms with E-state index in [2.05, 4.69) is 10.0 Å². The molecule has 9 heteroatoms. The van der Waals surface area contributed by atoms with E-state index in [0.29, 0.717) is 0 Å². The van der Waals surface area contributed by atoms with Gasteiger partial charge in [-0.1, -0.05) is 12.0 Å². The maximum absolute atomic E-state index is 11.6. The van der Waals surface area contributed by atoms with Crippen LogP contribution in [0, 0.1) is 0 Å². The predicted octanol–water partition coefficient (Wildman–Crippen LogP) is 1.12. The Morgan fingerprint density at radius 2 is 2.21 bits per heavy atom. The molecule has 8 nitrogen and oxygen atoms in total. The van der Waals surface area contributed by atoms with Gasteiger partial charge in [-0.2, -0.15) is 0 Å². The van der Waals surface area contributed by atoms with E-state index in [9.17, 15) is 14.8 Å². The number of rotatable bonds is 6. The van der Waals surface area contributed by atoms with Crippen LogP contribution in [0.15, 0.2) is 5.11 Å². The van der Waals surface area contributed by atoms with Crippen molar-refractivity contribution < 1.29 is 24.3 Å². The molecule has 2 N–H and O–H groups in total. The number of aliphatic hydroxyl groups is 2. The Labute approximate surface area is 111 Å². The summed E-state index contributed by atoms with van der Waals surface area (Å²) in [6.07, 6.45) is -2.78. The van der Waals surface area contributed by atoms with E-state index in [-0.39, 0.29) is 19.3 Å². The van der Waals surface area contributed by atoms with Crippen LogP contribution in [0.25, 0.3) is 10.4 Å². The molecule has 110 valence electrons. The minimum absolute atomic E-state index is 0.0371. The first-order valence-electron chi connectivity index (χ1n) is 5.98. The van der Waals surface area contributed by atoms with Crippen LogP contribution >= 0.6 is 7.14 Å². The third-order valence-electron chi connectivity index (χ3n) is 2.90. The van der Waals surface area contributed by atoms with E-state index in [0.717, 1.165) is 0 Å². The van der Waals surface area contributed by atoms with Gasteiger partial charge in [-0.15, -0.1) is 0 Å². The number of hydrogen-bond donors (Lipinski definition) is 2. The van der Waals surface area contributed by atoms with E-state index < -0.39 is 31.2 Å². The van der Waals surface area contributed by atoms with Crippen molar-refractivity contribution in [2.45, 2.75) is 37.4 Å². The normalized spacial score (nSPS) is 35.1. The highest BCUT2D eigenvalue weighted by Gasteiger charge is 2.53. The molecule has 1 aliphatic rings. The molecule has 0 aromatic carbocycles. The molecule has 1 rings (SSSR count). The van der Waals surface area contributed by atoms with E-state index in [1.807, 2.05) is 0 Å². The van der Waals surface area contributed by atoms with Gasteiger partial charge in [0.2, 0.25) is 0 Å². The van der Waals surface area contributed by atoms with Crippen molar-refractivity contribution in [3.8, 4) is 0 Å². The second kappa shape index (κ2) is 6.22. The molecular formula is C10H20N3O5P. The fourth-order valence-electron chi connectivity index (χ4n) is 1.87. The molecule has 0 aromatic heterocycles. The van der Waals surface area contributed by atoms with Crippen LogP contribution < -0.4 is 0 Å². The van der Waals surface area contributed by atoms with E-state index in [1.165, 1.54) is 0 Å². The van der Waals surface area contributed by atoms with Crippen LogP contribution in [0.3, 0.4) is 0 Å². The number of nitrogens with zero attached hydrogens (tertiary/aromatic N) is 3. The van der Waals surface area contributed by atoms with Crippen LogP contribution in [0.5, 0.6) is 0 Å². The quantitative estimate of drug-likeness (QED) is 0.328. The van der Waals surface area contributed by atoms with Gasteiger partial charge in [0, 0.05) is 11.3 Å². The second-order valence-corrected chi connectivity index (χ2v) is 8.45. The number of ether oxygens (including phenoxy) is 2. The predicted molar refractivity (Wildman–Crippen MR) is 69.3 cm³/mol. The highest BCUT2D eigenvalue weighted by atomic mass is 31.2. The summed E-state index contributed by atoms with van der Waals surface area (Å²) < 4.78 is 22.4. The Hall–Kier alpha value is -0.620. The van der Waals surface area contributed by atoms with Gasteiger partial charge in [0.1, 0.15) is 19.3 Å². The molecule has 1 fully saturated rings. The highest BCUT2D eigenvalue weighted by Crippen LogP contribution is 2.39. The average molecular weight is 293 g/mol. The number of hydrogen-bond acceptors (Lipinski definition) is 6. The van der Waals surface area contributed by atoms with Gasteiger partial charge in [0.15, 0.2) is 5.79 Å². The van der Waals surface area contributed by atoms with E-state index in [1.54, 1.807) is 20.3 Å². The lowest BCUT2D eigenvalue weighted by molar-refractivity contribution is -0.227. The summed E-state index contributed by atoms with van der Waals surface area (Å²) in [6.45, 7) is 4.70. The maximum atomic E-state index is 11.6. The van der Waals surface area contributed by atoms with Crippen LogP contribution in [0.1, 0.15) is 13.3 Å². The van der Waals surface area contributed by atoms with Crippen LogP contribution in [0.2, 0.25) is 0 Å². The monoisotopic (exact) mass is 293 g/mol. The largest absolute Gasteiger partial charge is 0.385 e. The zero-order valence-electron chi connectivity index (χ0n) is 11.3. The van der Waals surface area contributed by atoms with Gasteiger partial charge in [-0.3, -0.25) is 0 Å². The molecule has 1 unspecified atom stereocenters. The van der Waals surface area contributed by atoms with Crippen LogP contribution in [-0.2, 0) is 14.0 Å². The van der Waals surface area contributed by atoms with E-state index in [4.69, 9.17) is 15.0 Å². The zero-order chi connectivity index (χ0) is 14.7. The van der Waals surface area contributed by atoms with Gasteiger partial charge in [-0.05, 0) is 18.9 Å². The molecular weight excluding hydrogens is 273 g/mol. The minimum atomic E-state index is -2.42. The molecule has 0 spiro atoms. The number of aliphatic hydroxyl groups excluding tert-OH is 1. The van der Waals surface area contributed by atoms with E-state index >= 15 is 0 Å². The first-order chi connectivity index (χ1) is 8.73. The smallest absolute Gasteiger partial charge is 0.194 e. The second-order valence-electron chi connectivity index (χ2n) is 5.05. The van der Waals surface area contributed by atoms with Gasteiger partial charge in [-0.25, -0.2) is 0 Å². The standard InChI is InChI=1S/C10H20N3O5P/c1-4-10(15)9(14)8(17-6-19(2,3)16)7(18-10)5-12-13-11/h7-9,14-15H,4-6H2,1-3H3/t7-,8+,9-,10?/m0/s1. The number of azide groups is 1. The summed E-state index contributed by atoms with van der Waals surface area (Å²) >= 11 is 0. The Morgan fingerprint density at radius 3 is 2.68 bits per heavy atom. The zero-order valence-corrected chi connectivity index (χ0v) is 12.2. The Balaban J connectivity index is 2.82. The molecule has 4 atom stereocenters. The Morgan fingerprint density at radius 1 is 1.58 bits per heavy atom. The first-order valence-corrected chi connectivity index (χ1v) is 8.77. The van der Waals surface area contributed by atoms with Crippen LogP contribution in [0.4, 0.5) is 0 Å². The third kappa shape index (κ3) is 4.18. The van der Waals surface area contributed by atoms with Crippen molar-refractivity contribution in [2.75, 3.05) is 26.2 Å². The molecule has 0 amide bonds. The molecule has 1 aliphatic heterocycles. The lowest BCUT2D eigenvalue weighted by atomic mass is 10.0. The molecule has 19 heavy (non-hydrogen) atoms. The summed E-state index contributed by atoms with van der Waals surface area (Å²) in [7, 11) is -2.42. The van der Waals surface area contributed by atoms with Gasteiger partial charge in [0.05, 0.1) is 19.0 Å². The van der Waals surface area contributed by atoms with Crippen molar-refractivity contribution >= 4 is 7.14 Å². The lowest BCUT2D eigenvalue weighted by Crippen LogP contribution is -2.43. The average Bonchev–Trinajstić information content (AvgIpc) is 2.57. The topological polar surface area (TPSA) is 125 Å². The highest BCUT2D eigenvalue weighted by molar-refractivity contribution is 7.62. The SMILES string of the molecule is CCC1(O)O[C@@H](CN=[N+]=[N-])[C@@H](OCP(C)(C)=O)[C@@H]1O. The first kappa shape index (κ1) is 16.4. The summed E-state index contributed by atoms with van der Waals surface area (Å²) in [4.78, 5) is 2.61. The fourth-order valence-corrected chi connectivity index (χ4v) is 2.40. The van der Waals surface area contributed by atoms with Crippen molar-refractivity contribution in [3.63, 3.8) is 0 Å². The maximum Gasteiger partial charge on any atom is 0.194 e. The Kier molecular flexibility index (Phi) is 5.38. The van der Waals surface area contributed by atoms with Gasteiger partial charge < -0.3 is 24.3 Å².